The summed E-state index contributed by atoms with van der Waals surface area (Å²) in [7, 11) is 0. The molecule has 0 bridgehead atoms. The number of nitrogens with zero attached hydrogens (tertiary/aromatic N) is 2. The molecule has 1 fully saturated rings. The van der Waals surface area contributed by atoms with Gasteiger partial charge in [-0.3, -0.25) is 9.78 Å². The van der Waals surface area contributed by atoms with E-state index in [2.05, 4.69) is 10.3 Å². The molecular formula is C16H21N3O. The molecule has 106 valence electrons. The molecule has 0 aromatic carbocycles. The monoisotopic (exact) mass is 271 g/mol. The molecule has 1 amide bonds. The first-order valence-electron chi connectivity index (χ1n) is 7.04. The van der Waals surface area contributed by atoms with Gasteiger partial charge in [0, 0.05) is 37.6 Å². The van der Waals surface area contributed by atoms with E-state index in [-0.39, 0.29) is 5.91 Å². The van der Waals surface area contributed by atoms with Crippen LogP contribution in [-0.2, 0) is 4.79 Å². The van der Waals surface area contributed by atoms with Crippen LogP contribution < -0.4 is 5.32 Å². The molecule has 20 heavy (non-hydrogen) atoms. The van der Waals surface area contributed by atoms with E-state index in [1.165, 1.54) is 0 Å². The Balaban J connectivity index is 1.79. The summed E-state index contributed by atoms with van der Waals surface area (Å²) in [5.74, 6) is 0.0999. The Hall–Kier alpha value is -2.10. The van der Waals surface area contributed by atoms with Crippen LogP contribution in [0.1, 0.15) is 19.8 Å². The first kappa shape index (κ1) is 14.3. The number of hydrogen-bond donors (Lipinski definition) is 1. The van der Waals surface area contributed by atoms with E-state index in [1.54, 1.807) is 18.3 Å². The van der Waals surface area contributed by atoms with Crippen molar-refractivity contribution in [3.05, 3.63) is 48.8 Å². The molecule has 1 N–H and O–H groups in total. The predicted octanol–water partition coefficient (Wildman–Crippen LogP) is 2.62. The van der Waals surface area contributed by atoms with Gasteiger partial charge in [-0.25, -0.2) is 0 Å². The molecule has 0 saturated carbocycles. The number of allylic oxidation sites excluding steroid dienone is 3. The van der Waals surface area contributed by atoms with E-state index >= 15 is 0 Å². The lowest BCUT2D eigenvalue weighted by atomic mass is 10.0. The average molecular weight is 271 g/mol. The Kier molecular flexibility index (Phi) is 5.35. The molecule has 4 heteroatoms. The van der Waals surface area contributed by atoms with E-state index < -0.39 is 0 Å². The largest absolute Gasteiger partial charge is 0.381 e. The summed E-state index contributed by atoms with van der Waals surface area (Å²) in [6.07, 6.45) is 12.7. The first-order valence-corrected chi connectivity index (χ1v) is 7.04. The Labute approximate surface area is 120 Å². The third-order valence-electron chi connectivity index (χ3n) is 3.38. The van der Waals surface area contributed by atoms with Crippen LogP contribution in [0.3, 0.4) is 0 Å². The van der Waals surface area contributed by atoms with Crippen LogP contribution in [0.4, 0.5) is 5.69 Å². The number of pyridine rings is 1. The van der Waals surface area contributed by atoms with Crippen molar-refractivity contribution in [2.24, 2.45) is 0 Å². The zero-order chi connectivity index (χ0) is 14.2. The maximum absolute atomic E-state index is 11.9. The van der Waals surface area contributed by atoms with Gasteiger partial charge in [-0.15, -0.1) is 0 Å². The molecule has 0 radical (unpaired) electrons. The first-order chi connectivity index (χ1) is 9.79. The highest BCUT2D eigenvalue weighted by Gasteiger charge is 2.21. The zero-order valence-corrected chi connectivity index (χ0v) is 11.8. The highest BCUT2D eigenvalue weighted by atomic mass is 16.2. The van der Waals surface area contributed by atoms with Gasteiger partial charge >= 0.3 is 0 Å². The van der Waals surface area contributed by atoms with Gasteiger partial charge in [0.1, 0.15) is 0 Å². The molecule has 2 rings (SSSR count). The fourth-order valence-electron chi connectivity index (χ4n) is 2.28. The summed E-state index contributed by atoms with van der Waals surface area (Å²) in [6, 6.07) is 4.36. The van der Waals surface area contributed by atoms with Crippen molar-refractivity contribution in [2.75, 3.05) is 18.4 Å². The molecule has 0 spiro atoms. The predicted molar refractivity (Wildman–Crippen MR) is 81.4 cm³/mol. The second-order valence-corrected chi connectivity index (χ2v) is 4.87. The second-order valence-electron chi connectivity index (χ2n) is 4.87. The molecule has 0 aliphatic carbocycles. The van der Waals surface area contributed by atoms with Crippen LogP contribution >= 0.6 is 0 Å². The van der Waals surface area contributed by atoms with Crippen molar-refractivity contribution in [3.63, 3.8) is 0 Å². The summed E-state index contributed by atoms with van der Waals surface area (Å²) < 4.78 is 0. The Morgan fingerprint density at radius 3 is 2.85 bits per heavy atom. The summed E-state index contributed by atoms with van der Waals surface area (Å²) >= 11 is 0. The second kappa shape index (κ2) is 7.48. The lowest BCUT2D eigenvalue weighted by Crippen LogP contribution is -2.41. The molecule has 1 aromatic rings. The quantitative estimate of drug-likeness (QED) is 0.676. The van der Waals surface area contributed by atoms with Crippen molar-refractivity contribution in [1.29, 1.82) is 0 Å². The summed E-state index contributed by atoms with van der Waals surface area (Å²) in [5.41, 5.74) is 1.05. The Morgan fingerprint density at radius 2 is 2.20 bits per heavy atom. The number of piperidine rings is 1. The van der Waals surface area contributed by atoms with E-state index in [0.29, 0.717) is 6.04 Å². The van der Waals surface area contributed by atoms with Gasteiger partial charge in [-0.2, -0.15) is 0 Å². The summed E-state index contributed by atoms with van der Waals surface area (Å²) in [6.45, 7) is 3.54. The molecule has 2 heterocycles. The maximum Gasteiger partial charge on any atom is 0.246 e. The van der Waals surface area contributed by atoms with Crippen molar-refractivity contribution in [3.8, 4) is 0 Å². The van der Waals surface area contributed by atoms with Gasteiger partial charge < -0.3 is 10.2 Å². The minimum Gasteiger partial charge on any atom is -0.381 e. The third-order valence-corrected chi connectivity index (χ3v) is 3.38. The van der Waals surface area contributed by atoms with Crippen molar-refractivity contribution in [2.45, 2.75) is 25.8 Å². The van der Waals surface area contributed by atoms with Gasteiger partial charge in [0.25, 0.3) is 0 Å². The number of carbonyl (C=O) groups excluding carboxylic acids is 1. The number of nitrogens with one attached hydrogen (secondary N) is 1. The van der Waals surface area contributed by atoms with Gasteiger partial charge in [0.2, 0.25) is 5.91 Å². The smallest absolute Gasteiger partial charge is 0.246 e. The van der Waals surface area contributed by atoms with Crippen molar-refractivity contribution < 1.29 is 4.79 Å². The summed E-state index contributed by atoms with van der Waals surface area (Å²) in [4.78, 5) is 17.9. The summed E-state index contributed by atoms with van der Waals surface area (Å²) in [5, 5.41) is 3.46. The fourth-order valence-corrected chi connectivity index (χ4v) is 2.28. The number of anilines is 1. The van der Waals surface area contributed by atoms with Gasteiger partial charge in [-0.05, 0) is 31.9 Å². The normalized spacial score (nSPS) is 16.9. The molecule has 1 saturated heterocycles. The van der Waals surface area contributed by atoms with Crippen molar-refractivity contribution in [1.82, 2.24) is 9.88 Å². The average Bonchev–Trinajstić information content (AvgIpc) is 2.49. The number of amides is 1. The molecule has 0 unspecified atom stereocenters. The van der Waals surface area contributed by atoms with E-state index in [0.717, 1.165) is 31.6 Å². The number of carbonyl (C=O) groups is 1. The van der Waals surface area contributed by atoms with Crippen molar-refractivity contribution >= 4 is 11.6 Å². The van der Waals surface area contributed by atoms with Crippen LogP contribution in [0.15, 0.2) is 48.8 Å². The van der Waals surface area contributed by atoms with Gasteiger partial charge in [0.05, 0.1) is 5.69 Å². The standard InChI is InChI=1S/C16H21N3O/c1-2-3-4-7-16(20)19-11-8-14(9-12-19)18-15-6-5-10-17-13-15/h2-7,10,13-14,18H,8-9,11-12H2,1H3. The van der Waals surface area contributed by atoms with Crippen LogP contribution in [0.5, 0.6) is 0 Å². The van der Waals surface area contributed by atoms with Gasteiger partial charge in [-0.1, -0.05) is 18.2 Å². The molecule has 0 atom stereocenters. The number of likely N-dealkylation sites (tertiary alicyclic amines) is 1. The van der Waals surface area contributed by atoms with Crippen LogP contribution in [0.2, 0.25) is 0 Å². The van der Waals surface area contributed by atoms with Crippen LogP contribution in [-0.4, -0.2) is 34.9 Å². The van der Waals surface area contributed by atoms with Gasteiger partial charge in [0.15, 0.2) is 0 Å². The molecular weight excluding hydrogens is 250 g/mol. The fraction of sp³-hybridized carbons (Fsp3) is 0.375. The topological polar surface area (TPSA) is 45.2 Å². The van der Waals surface area contributed by atoms with E-state index in [9.17, 15) is 4.79 Å². The van der Waals surface area contributed by atoms with E-state index in [4.69, 9.17) is 0 Å². The Morgan fingerprint density at radius 1 is 1.40 bits per heavy atom. The number of hydrogen-bond acceptors (Lipinski definition) is 3. The third kappa shape index (κ3) is 4.23. The minimum atomic E-state index is 0.0999. The lowest BCUT2D eigenvalue weighted by Gasteiger charge is -2.32. The molecule has 4 nitrogen and oxygen atoms in total. The minimum absolute atomic E-state index is 0.0999. The highest BCUT2D eigenvalue weighted by molar-refractivity contribution is 5.87. The zero-order valence-electron chi connectivity index (χ0n) is 11.8. The highest BCUT2D eigenvalue weighted by Crippen LogP contribution is 2.16. The van der Waals surface area contributed by atoms with Crippen LogP contribution in [0, 0.1) is 0 Å². The molecule has 1 aliphatic rings. The molecule has 1 aliphatic heterocycles. The lowest BCUT2D eigenvalue weighted by molar-refractivity contribution is -0.126. The Bertz CT molecular complexity index is 474. The maximum atomic E-state index is 11.9. The number of aromatic nitrogens is 1. The SMILES string of the molecule is CC=CC=CC(=O)N1CCC(Nc2cccnc2)CC1. The number of rotatable bonds is 4. The molecule has 1 aromatic heterocycles. The van der Waals surface area contributed by atoms with E-state index in [1.807, 2.05) is 42.3 Å². The van der Waals surface area contributed by atoms with Crippen LogP contribution in [0.25, 0.3) is 0 Å².